The predicted molar refractivity (Wildman–Crippen MR) is 81.8 cm³/mol. The zero-order chi connectivity index (χ0) is 14.7. The Morgan fingerprint density at radius 2 is 1.85 bits per heavy atom. The van der Waals surface area contributed by atoms with Crippen LogP contribution in [-0.2, 0) is 0 Å². The average molecular weight is 279 g/mol. The molecule has 0 aromatic carbocycles. The molecule has 0 aliphatic heterocycles. The van der Waals surface area contributed by atoms with Gasteiger partial charge in [-0.05, 0) is 25.2 Å². The van der Waals surface area contributed by atoms with E-state index in [1.807, 2.05) is 19.0 Å². The minimum Gasteiger partial charge on any atom is -0.347 e. The Labute approximate surface area is 120 Å². The Morgan fingerprint density at radius 3 is 2.35 bits per heavy atom. The quantitative estimate of drug-likeness (QED) is 0.574. The van der Waals surface area contributed by atoms with Gasteiger partial charge in [0.1, 0.15) is 0 Å². The van der Waals surface area contributed by atoms with Crippen molar-refractivity contribution in [3.8, 4) is 0 Å². The number of nitrogens with one attached hydrogen (secondary N) is 1. The van der Waals surface area contributed by atoms with Gasteiger partial charge in [0, 0.05) is 26.7 Å². The molecule has 7 nitrogen and oxygen atoms in total. The van der Waals surface area contributed by atoms with Crippen LogP contribution < -0.4 is 21.1 Å². The number of aromatic nitrogens is 3. The molecule has 0 spiro atoms. The van der Waals surface area contributed by atoms with Gasteiger partial charge in [-0.25, -0.2) is 5.84 Å². The first-order valence-electron chi connectivity index (χ1n) is 7.18. The fourth-order valence-electron chi connectivity index (χ4n) is 1.98. The van der Waals surface area contributed by atoms with Crippen LogP contribution in [0.3, 0.4) is 0 Å². The average Bonchev–Trinajstić information content (AvgIpc) is 3.22. The molecule has 0 radical (unpaired) electrons. The molecule has 112 valence electrons. The van der Waals surface area contributed by atoms with Crippen molar-refractivity contribution in [2.45, 2.75) is 39.2 Å². The second-order valence-corrected chi connectivity index (χ2v) is 5.90. The lowest BCUT2D eigenvalue weighted by atomic mass is 10.1. The van der Waals surface area contributed by atoms with E-state index in [1.54, 1.807) is 0 Å². The van der Waals surface area contributed by atoms with Crippen LogP contribution in [0, 0.1) is 5.92 Å². The molecule has 20 heavy (non-hydrogen) atoms. The summed E-state index contributed by atoms with van der Waals surface area (Å²) in [6, 6.07) is 0.566. The normalized spacial score (nSPS) is 14.5. The molecular formula is C13H25N7. The molecule has 1 aliphatic rings. The SMILES string of the molecule is CC(C)CCN(c1nc(NN)nc(N(C)C)n1)C1CC1. The Balaban J connectivity index is 2.24. The molecule has 1 aromatic rings. The molecule has 0 saturated heterocycles. The summed E-state index contributed by atoms with van der Waals surface area (Å²) in [5.74, 6) is 7.88. The lowest BCUT2D eigenvalue weighted by Crippen LogP contribution is -2.31. The van der Waals surface area contributed by atoms with Crippen LogP contribution >= 0.6 is 0 Å². The van der Waals surface area contributed by atoms with Gasteiger partial charge in [-0.15, -0.1) is 0 Å². The van der Waals surface area contributed by atoms with E-state index in [9.17, 15) is 0 Å². The zero-order valence-corrected chi connectivity index (χ0v) is 12.8. The summed E-state index contributed by atoms with van der Waals surface area (Å²) in [6.07, 6.45) is 3.56. The lowest BCUT2D eigenvalue weighted by molar-refractivity contribution is 0.565. The Morgan fingerprint density at radius 1 is 1.20 bits per heavy atom. The van der Waals surface area contributed by atoms with Crippen molar-refractivity contribution in [2.75, 3.05) is 35.9 Å². The third-order valence-electron chi connectivity index (χ3n) is 3.33. The topological polar surface area (TPSA) is 83.2 Å². The maximum Gasteiger partial charge on any atom is 0.243 e. The lowest BCUT2D eigenvalue weighted by Gasteiger charge is -2.24. The fraction of sp³-hybridized carbons (Fsp3) is 0.769. The van der Waals surface area contributed by atoms with Crippen LogP contribution in [0.15, 0.2) is 0 Å². The summed E-state index contributed by atoms with van der Waals surface area (Å²) in [6.45, 7) is 5.44. The van der Waals surface area contributed by atoms with Crippen LogP contribution in [-0.4, -0.2) is 41.6 Å². The summed E-state index contributed by atoms with van der Waals surface area (Å²) in [5, 5.41) is 0. The molecule has 3 N–H and O–H groups in total. The third-order valence-corrected chi connectivity index (χ3v) is 3.33. The van der Waals surface area contributed by atoms with Gasteiger partial charge < -0.3 is 9.80 Å². The van der Waals surface area contributed by atoms with Crippen molar-refractivity contribution in [3.63, 3.8) is 0 Å². The van der Waals surface area contributed by atoms with Crippen molar-refractivity contribution in [1.82, 2.24) is 15.0 Å². The van der Waals surface area contributed by atoms with Crippen molar-refractivity contribution in [1.29, 1.82) is 0 Å². The second kappa shape index (κ2) is 6.21. The summed E-state index contributed by atoms with van der Waals surface area (Å²) >= 11 is 0. The Kier molecular flexibility index (Phi) is 4.59. The molecular weight excluding hydrogens is 254 g/mol. The largest absolute Gasteiger partial charge is 0.347 e. The van der Waals surface area contributed by atoms with Gasteiger partial charge in [-0.2, -0.15) is 15.0 Å². The van der Waals surface area contributed by atoms with Crippen molar-refractivity contribution in [3.05, 3.63) is 0 Å². The third kappa shape index (κ3) is 3.69. The molecule has 1 aromatic heterocycles. The molecule has 2 rings (SSSR count). The van der Waals surface area contributed by atoms with E-state index in [-0.39, 0.29) is 0 Å². The van der Waals surface area contributed by atoms with Gasteiger partial charge >= 0.3 is 0 Å². The molecule has 1 aliphatic carbocycles. The van der Waals surface area contributed by atoms with Gasteiger partial charge in [-0.1, -0.05) is 13.8 Å². The van der Waals surface area contributed by atoms with E-state index in [0.717, 1.165) is 18.9 Å². The number of hydrogen-bond acceptors (Lipinski definition) is 7. The maximum absolute atomic E-state index is 5.46. The molecule has 1 heterocycles. The molecule has 7 heteroatoms. The number of nitrogens with zero attached hydrogens (tertiary/aromatic N) is 5. The molecule has 1 saturated carbocycles. The summed E-state index contributed by atoms with van der Waals surface area (Å²) in [7, 11) is 3.82. The van der Waals surface area contributed by atoms with Crippen LogP contribution in [0.4, 0.5) is 17.8 Å². The van der Waals surface area contributed by atoms with Crippen molar-refractivity contribution < 1.29 is 0 Å². The highest BCUT2D eigenvalue weighted by atomic mass is 15.4. The monoisotopic (exact) mass is 279 g/mol. The van der Waals surface area contributed by atoms with Crippen LogP contribution in [0.2, 0.25) is 0 Å². The number of hydrazine groups is 1. The molecule has 0 bridgehead atoms. The van der Waals surface area contributed by atoms with Gasteiger partial charge in [0.25, 0.3) is 0 Å². The summed E-state index contributed by atoms with van der Waals surface area (Å²) < 4.78 is 0. The van der Waals surface area contributed by atoms with Crippen molar-refractivity contribution in [2.24, 2.45) is 11.8 Å². The first kappa shape index (κ1) is 14.8. The summed E-state index contributed by atoms with van der Waals surface area (Å²) in [5.41, 5.74) is 2.53. The highest BCUT2D eigenvalue weighted by molar-refractivity contribution is 5.45. The number of rotatable bonds is 7. The van der Waals surface area contributed by atoms with E-state index in [1.165, 1.54) is 12.8 Å². The number of anilines is 3. The minimum absolute atomic E-state index is 0.411. The van der Waals surface area contributed by atoms with Crippen LogP contribution in [0.1, 0.15) is 33.1 Å². The highest BCUT2D eigenvalue weighted by Gasteiger charge is 2.31. The number of nitrogen functional groups attached to an aromatic ring is 1. The van der Waals surface area contributed by atoms with E-state index in [4.69, 9.17) is 5.84 Å². The van der Waals surface area contributed by atoms with Gasteiger partial charge in [0.05, 0.1) is 0 Å². The standard InChI is InChI=1S/C13H25N7/c1-9(2)7-8-20(10-5-6-10)13-16-11(18-14)15-12(17-13)19(3)4/h9-10H,5-8,14H2,1-4H3,(H,15,16,17,18). The minimum atomic E-state index is 0.411. The predicted octanol–water partition coefficient (Wildman–Crippen LogP) is 1.24. The molecule has 0 atom stereocenters. The first-order chi connectivity index (χ1) is 9.51. The van der Waals surface area contributed by atoms with Gasteiger partial charge in [0.15, 0.2) is 0 Å². The van der Waals surface area contributed by atoms with Gasteiger partial charge in [-0.3, -0.25) is 5.43 Å². The Hall–Kier alpha value is -1.63. The highest BCUT2D eigenvalue weighted by Crippen LogP contribution is 2.31. The van der Waals surface area contributed by atoms with Gasteiger partial charge in [0.2, 0.25) is 17.8 Å². The fourth-order valence-corrected chi connectivity index (χ4v) is 1.98. The van der Waals surface area contributed by atoms with Crippen molar-refractivity contribution >= 4 is 17.8 Å². The number of nitrogens with two attached hydrogens (primary N) is 1. The first-order valence-corrected chi connectivity index (χ1v) is 7.18. The smallest absolute Gasteiger partial charge is 0.243 e. The van der Waals surface area contributed by atoms with E-state index in [0.29, 0.717) is 23.9 Å². The molecule has 0 unspecified atom stereocenters. The van der Waals surface area contributed by atoms with E-state index >= 15 is 0 Å². The Bertz CT molecular complexity index is 442. The zero-order valence-electron chi connectivity index (χ0n) is 12.8. The second-order valence-electron chi connectivity index (χ2n) is 5.90. The molecule has 1 fully saturated rings. The molecule has 0 amide bonds. The summed E-state index contributed by atoms with van der Waals surface area (Å²) in [4.78, 5) is 17.4. The maximum atomic E-state index is 5.46. The van der Waals surface area contributed by atoms with E-state index in [2.05, 4.69) is 39.1 Å². The van der Waals surface area contributed by atoms with Crippen LogP contribution in [0.5, 0.6) is 0 Å². The van der Waals surface area contributed by atoms with E-state index < -0.39 is 0 Å². The van der Waals surface area contributed by atoms with Crippen LogP contribution in [0.25, 0.3) is 0 Å². The number of hydrogen-bond donors (Lipinski definition) is 2.